The molecule has 0 bridgehead atoms. The van der Waals surface area contributed by atoms with Crippen molar-refractivity contribution in [2.45, 2.75) is 27.2 Å². The quantitative estimate of drug-likeness (QED) is 0.112. The van der Waals surface area contributed by atoms with E-state index in [0.717, 1.165) is 5.56 Å². The van der Waals surface area contributed by atoms with E-state index in [2.05, 4.69) is 26.1 Å². The molecule has 4 nitrogen and oxygen atoms in total. The summed E-state index contributed by atoms with van der Waals surface area (Å²) in [4.78, 5) is 23.9. The minimum atomic E-state index is -0.517. The van der Waals surface area contributed by atoms with Crippen molar-refractivity contribution in [3.63, 3.8) is 0 Å². The van der Waals surface area contributed by atoms with Gasteiger partial charge in [0, 0.05) is 0 Å². The third-order valence-corrected chi connectivity index (χ3v) is 8.08. The molecule has 1 N–H and O–H groups in total. The van der Waals surface area contributed by atoms with Gasteiger partial charge >= 0.3 is 136 Å². The van der Waals surface area contributed by atoms with Gasteiger partial charge in [-0.15, -0.1) is 0 Å². The van der Waals surface area contributed by atoms with Gasteiger partial charge in [0.1, 0.15) is 0 Å². The van der Waals surface area contributed by atoms with Crippen LogP contribution in [0.2, 0.25) is 0 Å². The molecule has 1 fully saturated rings. The van der Waals surface area contributed by atoms with Crippen molar-refractivity contribution in [2.75, 3.05) is 0 Å². The van der Waals surface area contributed by atoms with Gasteiger partial charge in [-0.3, -0.25) is 0 Å². The predicted molar refractivity (Wildman–Crippen MR) is 74.1 cm³/mol. The fourth-order valence-electron chi connectivity index (χ4n) is 2.09. The number of alkyl halides is 2. The summed E-state index contributed by atoms with van der Waals surface area (Å²) in [6, 6.07) is 5.36. The number of fused-ring (bicyclic) bond motifs is 1. The number of hydrogen-bond donors (Lipinski definition) is 1. The number of carbonyl (C=O) groups is 2. The first-order valence-electron chi connectivity index (χ1n) is 5.94. The van der Waals surface area contributed by atoms with Gasteiger partial charge in [0.15, 0.2) is 0 Å². The van der Waals surface area contributed by atoms with Crippen LogP contribution in [0.1, 0.15) is 29.3 Å². The molecule has 0 radical (unpaired) electrons. The van der Waals surface area contributed by atoms with Crippen LogP contribution < -0.4 is 29.7 Å². The zero-order chi connectivity index (χ0) is 13.6. The molecule has 2 aliphatic rings. The number of ketones is 1. The minimum absolute atomic E-state index is 0.0509. The maximum absolute atomic E-state index is 12.3. The molecule has 1 aliphatic carbocycles. The van der Waals surface area contributed by atoms with Gasteiger partial charge in [-0.2, -0.15) is 0 Å². The van der Waals surface area contributed by atoms with Gasteiger partial charge in [-0.1, -0.05) is 0 Å². The van der Waals surface area contributed by atoms with Gasteiger partial charge in [-0.25, -0.2) is 0 Å². The molecule has 0 aromatic heterocycles. The van der Waals surface area contributed by atoms with Crippen LogP contribution in [0.5, 0.6) is 5.75 Å². The van der Waals surface area contributed by atoms with Crippen molar-refractivity contribution in [1.82, 2.24) is 3.53 Å². The van der Waals surface area contributed by atoms with E-state index in [4.69, 9.17) is 4.74 Å². The molecule has 2 unspecified atom stereocenters. The van der Waals surface area contributed by atoms with E-state index in [1.165, 1.54) is 0 Å². The number of halogens is 2. The molecule has 19 heavy (non-hydrogen) atoms. The number of carbonyl (C=O) groups excluding carboxylic acids is 2. The van der Waals surface area contributed by atoms with Gasteiger partial charge < -0.3 is 0 Å². The summed E-state index contributed by atoms with van der Waals surface area (Å²) in [6.45, 7) is 1.90. The Hall–Kier alpha value is -0.220. The monoisotopic (exact) mass is 484 g/mol. The third kappa shape index (κ3) is 2.54. The molecule has 0 spiro atoms. The Kier molecular flexibility index (Phi) is 3.59. The first-order valence-corrected chi connectivity index (χ1v) is 9.34. The third-order valence-electron chi connectivity index (χ3n) is 3.33. The molecular formula is C13H12I2NO3-. The molecule has 6 heteroatoms. The summed E-state index contributed by atoms with van der Waals surface area (Å²) in [5.74, 6) is 0.463. The molecule has 102 valence electrons. The Morgan fingerprint density at radius 1 is 1.53 bits per heavy atom. The fraction of sp³-hybridized carbons (Fsp3) is 0.385. The fourth-order valence-corrected chi connectivity index (χ4v) is 5.39. The Bertz CT molecular complexity index is 567. The topological polar surface area (TPSA) is 65.3 Å². The summed E-state index contributed by atoms with van der Waals surface area (Å²) < 4.78 is 8.57. The van der Waals surface area contributed by atoms with Crippen LogP contribution in [-0.2, 0) is 11.2 Å². The van der Waals surface area contributed by atoms with E-state index in [1.54, 1.807) is 18.2 Å². The van der Waals surface area contributed by atoms with Crippen LogP contribution in [0.4, 0.5) is 0 Å². The van der Waals surface area contributed by atoms with Gasteiger partial charge in [0.05, 0.1) is 0 Å². The Labute approximate surface area is 135 Å². The van der Waals surface area contributed by atoms with Gasteiger partial charge in [0.2, 0.25) is 0 Å². The van der Waals surface area contributed by atoms with E-state index < -0.39 is 3.42 Å². The second kappa shape index (κ2) is 4.96. The predicted octanol–water partition coefficient (Wildman–Crippen LogP) is -1.15. The average molecular weight is 484 g/mol. The van der Waals surface area contributed by atoms with E-state index in [1.807, 2.05) is 6.92 Å². The molecule has 1 aromatic carbocycles. The normalized spacial score (nSPS) is 24.1. The van der Waals surface area contributed by atoms with Crippen LogP contribution in [0.25, 0.3) is 0 Å². The number of ether oxygens (including phenoxy) is 1. The summed E-state index contributed by atoms with van der Waals surface area (Å²) in [7, 11) is 0. The molecule has 1 aliphatic heterocycles. The number of nitrogens with one attached hydrogen (secondary N) is 1. The Morgan fingerprint density at radius 2 is 2.26 bits per heavy atom. The molecule has 1 aromatic rings. The zero-order valence-corrected chi connectivity index (χ0v) is 14.5. The Balaban J connectivity index is 1.85. The van der Waals surface area contributed by atoms with Crippen molar-refractivity contribution in [3.8, 4) is 5.75 Å². The molecular weight excluding hydrogens is 472 g/mol. The van der Waals surface area contributed by atoms with Crippen molar-refractivity contribution < 1.29 is 35.8 Å². The summed E-state index contributed by atoms with van der Waals surface area (Å²) in [5, 5.41) is 0. The van der Waals surface area contributed by atoms with Crippen molar-refractivity contribution in [1.29, 1.82) is 0 Å². The van der Waals surface area contributed by atoms with E-state index in [-0.39, 0.29) is 37.3 Å². The molecule has 0 saturated carbocycles. The zero-order valence-electron chi connectivity index (χ0n) is 10.2. The summed E-state index contributed by atoms with van der Waals surface area (Å²) >= 11 is 2.11. The summed E-state index contributed by atoms with van der Waals surface area (Å²) in [6.07, 6.45) is 1.19. The van der Waals surface area contributed by atoms with E-state index in [0.29, 0.717) is 24.2 Å². The Morgan fingerprint density at radius 3 is 2.95 bits per heavy atom. The van der Waals surface area contributed by atoms with E-state index in [9.17, 15) is 9.59 Å². The second-order valence-electron chi connectivity index (χ2n) is 4.75. The standard InChI is InChI=1S/C13H12I2NO3/c1-13(14,11-15-16-11)12(18)19-10-4-2-3-7-8(10)5-6-9(7)17/h2-4,11,16H,5-6H2,1H3/q-1. The van der Waals surface area contributed by atoms with Crippen LogP contribution in [-0.4, -0.2) is 19.2 Å². The van der Waals surface area contributed by atoms with E-state index >= 15 is 0 Å². The number of Topliss-reactive ketones (excluding diaryl/α,β-unsaturated/α-hetero) is 1. The van der Waals surface area contributed by atoms with Crippen LogP contribution in [0.3, 0.4) is 0 Å². The first-order chi connectivity index (χ1) is 9.00. The number of hydrogen-bond acceptors (Lipinski definition) is 4. The van der Waals surface area contributed by atoms with Crippen molar-refractivity contribution in [2.24, 2.45) is 0 Å². The van der Waals surface area contributed by atoms with Crippen LogP contribution >= 0.6 is 22.6 Å². The number of rotatable bonds is 3. The van der Waals surface area contributed by atoms with Crippen molar-refractivity contribution >= 4 is 34.3 Å². The average Bonchev–Trinajstić information content (AvgIpc) is 3.16. The number of benzene rings is 1. The number of esters is 1. The SMILES string of the molecule is CC(I)(C(=O)Oc1cccc2c1CCC2=O)C1N[I-]1. The second-order valence-corrected chi connectivity index (χ2v) is 9.48. The van der Waals surface area contributed by atoms with Crippen LogP contribution in [0.15, 0.2) is 18.2 Å². The molecule has 1 heterocycles. The van der Waals surface area contributed by atoms with Gasteiger partial charge in [0.25, 0.3) is 0 Å². The first kappa shape index (κ1) is 13.7. The molecule has 1 saturated heterocycles. The van der Waals surface area contributed by atoms with Gasteiger partial charge in [-0.05, 0) is 0 Å². The maximum atomic E-state index is 12.3. The molecule has 0 amide bonds. The van der Waals surface area contributed by atoms with Crippen molar-refractivity contribution in [3.05, 3.63) is 29.3 Å². The van der Waals surface area contributed by atoms with Crippen LogP contribution in [0, 0.1) is 0 Å². The molecule has 3 rings (SSSR count). The summed E-state index contributed by atoms with van der Waals surface area (Å²) in [5.41, 5.74) is 1.59. The molecule has 2 atom stereocenters.